The molecule has 1 aromatic rings. The number of anilines is 1. The largest absolute Gasteiger partial charge is 0.450 e. The molecular formula is C17H27N5O2. The SMILES string of the molecule is CCOC(=O)N1CC[C@H](N2CCN(c3ncnc(C)c3C)CC2)C1. The first kappa shape index (κ1) is 17.0. The number of piperazine rings is 1. The van der Waals surface area contributed by atoms with Crippen LogP contribution < -0.4 is 4.90 Å². The zero-order valence-electron chi connectivity index (χ0n) is 14.9. The molecule has 1 atom stereocenters. The third-order valence-corrected chi connectivity index (χ3v) is 5.13. The molecule has 24 heavy (non-hydrogen) atoms. The highest BCUT2D eigenvalue weighted by molar-refractivity contribution is 5.68. The maximum absolute atomic E-state index is 11.8. The summed E-state index contributed by atoms with van der Waals surface area (Å²) in [6.07, 6.45) is 2.51. The Balaban J connectivity index is 1.54. The fourth-order valence-electron chi connectivity index (χ4n) is 3.56. The van der Waals surface area contributed by atoms with Crippen LogP contribution in [0.2, 0.25) is 0 Å². The van der Waals surface area contributed by atoms with Gasteiger partial charge < -0.3 is 14.5 Å². The lowest BCUT2D eigenvalue weighted by atomic mass is 10.1. The second-order valence-corrected chi connectivity index (χ2v) is 6.52. The summed E-state index contributed by atoms with van der Waals surface area (Å²) in [4.78, 5) is 27.2. The Morgan fingerprint density at radius 2 is 1.96 bits per heavy atom. The molecule has 0 spiro atoms. The molecule has 0 saturated carbocycles. The number of nitrogens with zero attached hydrogens (tertiary/aromatic N) is 5. The number of aryl methyl sites for hydroxylation is 1. The van der Waals surface area contributed by atoms with Gasteiger partial charge in [-0.2, -0.15) is 0 Å². The number of likely N-dealkylation sites (tertiary alicyclic amines) is 1. The summed E-state index contributed by atoms with van der Waals surface area (Å²) >= 11 is 0. The van der Waals surface area contributed by atoms with Gasteiger partial charge in [-0.3, -0.25) is 4.90 Å². The van der Waals surface area contributed by atoms with E-state index in [0.29, 0.717) is 12.6 Å². The summed E-state index contributed by atoms with van der Waals surface area (Å²) in [5, 5.41) is 0. The molecule has 2 saturated heterocycles. The number of ether oxygens (including phenoxy) is 1. The van der Waals surface area contributed by atoms with Crippen molar-refractivity contribution in [2.45, 2.75) is 33.2 Å². The summed E-state index contributed by atoms with van der Waals surface area (Å²) in [5.74, 6) is 1.06. The van der Waals surface area contributed by atoms with E-state index < -0.39 is 0 Å². The van der Waals surface area contributed by atoms with Gasteiger partial charge in [-0.05, 0) is 27.2 Å². The first-order valence-corrected chi connectivity index (χ1v) is 8.79. The van der Waals surface area contributed by atoms with E-state index in [1.807, 2.05) is 18.7 Å². The number of hydrogen-bond acceptors (Lipinski definition) is 6. The molecule has 132 valence electrons. The Hall–Kier alpha value is -1.89. The number of rotatable bonds is 3. The van der Waals surface area contributed by atoms with Crippen molar-refractivity contribution >= 4 is 11.9 Å². The average molecular weight is 333 g/mol. The quantitative estimate of drug-likeness (QED) is 0.834. The van der Waals surface area contributed by atoms with Gasteiger partial charge in [0.1, 0.15) is 12.1 Å². The highest BCUT2D eigenvalue weighted by Crippen LogP contribution is 2.22. The summed E-state index contributed by atoms with van der Waals surface area (Å²) in [6, 6.07) is 0.449. The molecule has 0 unspecified atom stereocenters. The molecule has 0 bridgehead atoms. The first-order valence-electron chi connectivity index (χ1n) is 8.79. The predicted octanol–water partition coefficient (Wildman–Crippen LogP) is 1.45. The molecule has 0 radical (unpaired) electrons. The lowest BCUT2D eigenvalue weighted by molar-refractivity contribution is 0.110. The van der Waals surface area contributed by atoms with Crippen LogP contribution in [0.3, 0.4) is 0 Å². The maximum atomic E-state index is 11.8. The van der Waals surface area contributed by atoms with Crippen LogP contribution in [0.15, 0.2) is 6.33 Å². The molecule has 0 N–H and O–H groups in total. The Bertz CT molecular complexity index is 586. The molecule has 3 rings (SSSR count). The van der Waals surface area contributed by atoms with E-state index in [1.165, 1.54) is 5.56 Å². The molecule has 7 heteroatoms. The van der Waals surface area contributed by atoms with E-state index >= 15 is 0 Å². The van der Waals surface area contributed by atoms with Gasteiger partial charge in [-0.1, -0.05) is 0 Å². The first-order chi connectivity index (χ1) is 11.6. The normalized spacial score (nSPS) is 22.0. The Kier molecular flexibility index (Phi) is 5.18. The molecule has 3 heterocycles. The van der Waals surface area contributed by atoms with Gasteiger partial charge in [0.25, 0.3) is 0 Å². The molecule has 0 aromatic carbocycles. The van der Waals surface area contributed by atoms with Crippen molar-refractivity contribution in [3.05, 3.63) is 17.6 Å². The number of hydrogen-bond donors (Lipinski definition) is 0. The van der Waals surface area contributed by atoms with Crippen molar-refractivity contribution in [2.75, 3.05) is 50.8 Å². The lowest BCUT2D eigenvalue weighted by Crippen LogP contribution is -2.51. The molecule has 0 aliphatic carbocycles. The average Bonchev–Trinajstić information content (AvgIpc) is 3.08. The smallest absolute Gasteiger partial charge is 0.409 e. The number of carbonyl (C=O) groups is 1. The van der Waals surface area contributed by atoms with Gasteiger partial charge >= 0.3 is 6.09 Å². The van der Waals surface area contributed by atoms with Crippen molar-refractivity contribution in [1.82, 2.24) is 19.8 Å². The van der Waals surface area contributed by atoms with Crippen LogP contribution in [0, 0.1) is 13.8 Å². The monoisotopic (exact) mass is 333 g/mol. The van der Waals surface area contributed by atoms with Crippen molar-refractivity contribution in [3.8, 4) is 0 Å². The molecular weight excluding hydrogens is 306 g/mol. The van der Waals surface area contributed by atoms with Crippen LogP contribution in [-0.2, 0) is 4.74 Å². The van der Waals surface area contributed by atoms with E-state index in [-0.39, 0.29) is 6.09 Å². The lowest BCUT2D eigenvalue weighted by Gasteiger charge is -2.38. The maximum Gasteiger partial charge on any atom is 0.409 e. The number of aromatic nitrogens is 2. The second-order valence-electron chi connectivity index (χ2n) is 6.52. The molecule has 1 amide bonds. The van der Waals surface area contributed by atoms with Gasteiger partial charge in [0, 0.05) is 56.6 Å². The standard InChI is InChI=1S/C17H27N5O2/c1-4-24-17(23)22-6-5-15(11-22)20-7-9-21(10-8-20)16-13(2)14(3)18-12-19-16/h12,15H,4-11H2,1-3H3/t15-/m0/s1. The fourth-order valence-corrected chi connectivity index (χ4v) is 3.56. The van der Waals surface area contributed by atoms with Crippen molar-refractivity contribution in [2.24, 2.45) is 0 Å². The molecule has 2 fully saturated rings. The summed E-state index contributed by atoms with van der Waals surface area (Å²) in [7, 11) is 0. The zero-order valence-corrected chi connectivity index (χ0v) is 14.9. The molecule has 7 nitrogen and oxygen atoms in total. The Labute approximate surface area is 143 Å². The Morgan fingerprint density at radius 3 is 2.67 bits per heavy atom. The second kappa shape index (κ2) is 7.34. The highest BCUT2D eigenvalue weighted by Gasteiger charge is 2.33. The minimum absolute atomic E-state index is 0.175. The van der Waals surface area contributed by atoms with E-state index in [4.69, 9.17) is 4.74 Å². The van der Waals surface area contributed by atoms with Crippen molar-refractivity contribution < 1.29 is 9.53 Å². The topological polar surface area (TPSA) is 61.8 Å². The summed E-state index contributed by atoms with van der Waals surface area (Å²) in [6.45, 7) is 11.9. The van der Waals surface area contributed by atoms with Crippen LogP contribution in [-0.4, -0.2) is 77.8 Å². The van der Waals surface area contributed by atoms with E-state index in [9.17, 15) is 4.79 Å². The third kappa shape index (κ3) is 3.45. The van der Waals surface area contributed by atoms with Crippen molar-refractivity contribution in [3.63, 3.8) is 0 Å². The Morgan fingerprint density at radius 1 is 1.21 bits per heavy atom. The molecule has 1 aromatic heterocycles. The van der Waals surface area contributed by atoms with E-state index in [0.717, 1.165) is 57.2 Å². The van der Waals surface area contributed by atoms with E-state index in [2.05, 4.69) is 26.7 Å². The van der Waals surface area contributed by atoms with Gasteiger partial charge in [0.2, 0.25) is 0 Å². The zero-order chi connectivity index (χ0) is 17.1. The summed E-state index contributed by atoms with van der Waals surface area (Å²) in [5.41, 5.74) is 2.21. The highest BCUT2D eigenvalue weighted by atomic mass is 16.6. The summed E-state index contributed by atoms with van der Waals surface area (Å²) < 4.78 is 5.11. The fraction of sp³-hybridized carbons (Fsp3) is 0.706. The van der Waals surface area contributed by atoms with E-state index in [1.54, 1.807) is 6.33 Å². The molecule has 2 aliphatic rings. The van der Waals surface area contributed by atoms with Gasteiger partial charge in [0.05, 0.1) is 6.61 Å². The molecule has 2 aliphatic heterocycles. The van der Waals surface area contributed by atoms with Gasteiger partial charge in [-0.15, -0.1) is 0 Å². The van der Waals surface area contributed by atoms with Crippen LogP contribution in [0.4, 0.5) is 10.6 Å². The minimum Gasteiger partial charge on any atom is -0.450 e. The van der Waals surface area contributed by atoms with Crippen LogP contribution in [0.1, 0.15) is 24.6 Å². The number of carbonyl (C=O) groups excluding carboxylic acids is 1. The predicted molar refractivity (Wildman–Crippen MR) is 92.3 cm³/mol. The van der Waals surface area contributed by atoms with Gasteiger partial charge in [-0.25, -0.2) is 14.8 Å². The minimum atomic E-state index is -0.175. The van der Waals surface area contributed by atoms with Crippen LogP contribution >= 0.6 is 0 Å². The van der Waals surface area contributed by atoms with Crippen LogP contribution in [0.25, 0.3) is 0 Å². The van der Waals surface area contributed by atoms with Crippen molar-refractivity contribution in [1.29, 1.82) is 0 Å². The van der Waals surface area contributed by atoms with Crippen LogP contribution in [0.5, 0.6) is 0 Å². The van der Waals surface area contributed by atoms with Gasteiger partial charge in [0.15, 0.2) is 0 Å². The third-order valence-electron chi connectivity index (χ3n) is 5.13. The number of amides is 1.